The summed E-state index contributed by atoms with van der Waals surface area (Å²) in [6, 6.07) is 5.95. The SMILES string of the molecule is CC(C)(CCc1ccc(-c2ccc(Cl)c3c(NS(=O)(=O)C4CC4)nn(CC(F)(F)F)c23)c([C@H](Cc2cc(F)cc(F)c2)NC(=O)Cn2nc(C(F)(F)F)c3c2C(F)(F)[C@@H]2C[C@H]32)n1)S(=O)(=O)C1CC1. The maximum atomic E-state index is 15.6. The standard InChI is InChI=1S/C43H40ClF10N7O5S2/c1-40(2,67(63,64)24-4-5-24)12-11-23-3-8-26(27-9-10-30(44)34-36(27)61(19-41(47,48)49)58-39(34)59-68(65,66)25-6-7-25)35(55-23)31(15-20-13-21(45)16-22(46)14-20)56-32(62)18-60-38-33(37(57-60)43(52,53)54)28-17-29(28)42(38,50)51/h3,8-10,13-14,16,24-25,28-29,31H,4-7,11-12,15,17-19H2,1-2H3,(H,56,62)(H,58,59)/t28-,29+,31-/m0/s1. The third-order valence-electron chi connectivity index (χ3n) is 12.9. The van der Waals surface area contributed by atoms with Crippen molar-refractivity contribution in [3.05, 3.63) is 93.0 Å². The van der Waals surface area contributed by atoms with Crippen molar-refractivity contribution in [1.29, 1.82) is 0 Å². The first-order valence-electron chi connectivity index (χ1n) is 21.4. The number of rotatable bonds is 16. The van der Waals surface area contributed by atoms with E-state index in [2.05, 4.69) is 20.2 Å². The van der Waals surface area contributed by atoms with E-state index in [4.69, 9.17) is 16.6 Å². The van der Waals surface area contributed by atoms with E-state index in [-0.39, 0.29) is 80.8 Å². The van der Waals surface area contributed by atoms with Gasteiger partial charge >= 0.3 is 12.4 Å². The van der Waals surface area contributed by atoms with Gasteiger partial charge in [0.25, 0.3) is 5.92 Å². The second-order valence-corrected chi connectivity index (χ2v) is 23.7. The number of nitrogens with one attached hydrogen (secondary N) is 2. The molecule has 0 spiro atoms. The van der Waals surface area contributed by atoms with Gasteiger partial charge in [-0.25, -0.2) is 25.6 Å². The average Bonchev–Trinajstić information content (AvgIpc) is 4.10. The van der Waals surface area contributed by atoms with Crippen molar-refractivity contribution in [2.75, 3.05) is 4.72 Å². The molecule has 4 aliphatic rings. The number of amides is 1. The first-order valence-corrected chi connectivity index (χ1v) is 24.8. The van der Waals surface area contributed by atoms with Crippen molar-refractivity contribution < 1.29 is 65.5 Å². The molecule has 0 aliphatic heterocycles. The van der Waals surface area contributed by atoms with Crippen molar-refractivity contribution in [3.63, 3.8) is 0 Å². The van der Waals surface area contributed by atoms with Crippen molar-refractivity contribution >= 4 is 54.1 Å². The number of sulfonamides is 1. The van der Waals surface area contributed by atoms with Crippen LogP contribution in [0.15, 0.2) is 42.5 Å². The molecule has 4 aliphatic carbocycles. The van der Waals surface area contributed by atoms with Gasteiger partial charge in [-0.3, -0.25) is 23.9 Å². The molecule has 2 N–H and O–H groups in total. The van der Waals surface area contributed by atoms with Crippen LogP contribution < -0.4 is 10.0 Å². The number of sulfone groups is 1. The number of alkyl halides is 8. The Hall–Kier alpha value is -4.97. The third kappa shape index (κ3) is 9.03. The molecule has 0 radical (unpaired) electrons. The molecule has 12 nitrogen and oxygen atoms in total. The molecule has 1 amide bonds. The summed E-state index contributed by atoms with van der Waals surface area (Å²) >= 11 is 6.60. The summed E-state index contributed by atoms with van der Waals surface area (Å²) < 4.78 is 201. The van der Waals surface area contributed by atoms with E-state index in [0.717, 1.165) is 12.1 Å². The van der Waals surface area contributed by atoms with Gasteiger partial charge in [-0.2, -0.15) is 45.3 Å². The number of carbonyl (C=O) groups excluding carboxylic acids is 1. The van der Waals surface area contributed by atoms with Gasteiger partial charge in [-0.05, 0) is 101 Å². The third-order valence-corrected chi connectivity index (χ3v) is 18.1. The monoisotopic (exact) mass is 1020 g/mol. The van der Waals surface area contributed by atoms with Crippen LogP contribution in [-0.2, 0) is 62.7 Å². The van der Waals surface area contributed by atoms with Crippen LogP contribution in [0.2, 0.25) is 5.02 Å². The highest BCUT2D eigenvalue weighted by atomic mass is 35.5. The molecule has 5 aromatic rings. The van der Waals surface area contributed by atoms with Crippen LogP contribution in [0.5, 0.6) is 0 Å². The Balaban J connectivity index is 1.20. The number of nitrogens with zero attached hydrogens (tertiary/aromatic N) is 5. The summed E-state index contributed by atoms with van der Waals surface area (Å²) in [6.07, 6.45) is -9.51. The first kappa shape index (κ1) is 48.1. The molecule has 3 aromatic heterocycles. The van der Waals surface area contributed by atoms with E-state index in [1.807, 2.05) is 0 Å². The smallest absolute Gasteiger partial charge is 0.346 e. The number of aromatic nitrogens is 5. The zero-order valence-electron chi connectivity index (χ0n) is 35.8. The molecule has 2 aromatic carbocycles. The predicted molar refractivity (Wildman–Crippen MR) is 227 cm³/mol. The minimum absolute atomic E-state index is 0.0139. The fourth-order valence-electron chi connectivity index (χ4n) is 9.15. The average molecular weight is 1020 g/mol. The molecule has 3 fully saturated rings. The van der Waals surface area contributed by atoms with Crippen LogP contribution in [-0.4, -0.2) is 68.7 Å². The van der Waals surface area contributed by atoms with Crippen LogP contribution in [0, 0.1) is 17.6 Å². The van der Waals surface area contributed by atoms with Crippen LogP contribution in [0.25, 0.3) is 22.0 Å². The fourth-order valence-corrected chi connectivity index (χ4v) is 12.8. The summed E-state index contributed by atoms with van der Waals surface area (Å²) in [7, 11) is -7.80. The lowest BCUT2D eigenvalue weighted by atomic mass is 9.93. The summed E-state index contributed by atoms with van der Waals surface area (Å²) in [5, 5.41) is 8.03. The number of halogens is 11. The molecule has 0 bridgehead atoms. The number of hydrogen-bond donors (Lipinski definition) is 2. The first-order chi connectivity index (χ1) is 31.6. The zero-order chi connectivity index (χ0) is 49.3. The largest absolute Gasteiger partial charge is 0.435 e. The van der Waals surface area contributed by atoms with Crippen molar-refractivity contribution in [1.82, 2.24) is 29.9 Å². The Kier molecular flexibility index (Phi) is 11.5. The van der Waals surface area contributed by atoms with Crippen molar-refractivity contribution in [3.8, 4) is 11.1 Å². The summed E-state index contributed by atoms with van der Waals surface area (Å²) in [5.41, 5.74) is -4.28. The normalized spacial score (nSPS) is 19.8. The van der Waals surface area contributed by atoms with E-state index < -0.39 is 131 Å². The number of anilines is 1. The van der Waals surface area contributed by atoms with Gasteiger partial charge in [0, 0.05) is 34.4 Å². The summed E-state index contributed by atoms with van der Waals surface area (Å²) in [6.45, 7) is 0.0538. The summed E-state index contributed by atoms with van der Waals surface area (Å²) in [5.74, 6) is -10.3. The molecular weight excluding hydrogens is 984 g/mol. The molecule has 25 heteroatoms. The van der Waals surface area contributed by atoms with Crippen LogP contribution >= 0.6 is 11.6 Å². The van der Waals surface area contributed by atoms with Crippen LogP contribution in [0.4, 0.5) is 49.7 Å². The van der Waals surface area contributed by atoms with Gasteiger partial charge in [0.1, 0.15) is 30.4 Å². The molecule has 0 unspecified atom stereocenters. The fraction of sp³-hybridized carbons (Fsp3) is 0.488. The predicted octanol–water partition coefficient (Wildman–Crippen LogP) is 9.31. The number of carbonyl (C=O) groups is 1. The summed E-state index contributed by atoms with van der Waals surface area (Å²) in [4.78, 5) is 18.9. The van der Waals surface area contributed by atoms with Gasteiger partial charge in [0.2, 0.25) is 15.9 Å². The lowest BCUT2D eigenvalue weighted by Gasteiger charge is -2.26. The molecular formula is C43H40ClF10N7O5S2. The van der Waals surface area contributed by atoms with Crippen LogP contribution in [0.1, 0.15) is 98.2 Å². The van der Waals surface area contributed by atoms with E-state index in [0.29, 0.717) is 23.6 Å². The molecule has 3 heterocycles. The molecule has 9 rings (SSSR count). The molecule has 3 atom stereocenters. The van der Waals surface area contributed by atoms with E-state index in [9.17, 15) is 56.8 Å². The Labute approximate surface area is 386 Å². The topological polar surface area (TPSA) is 158 Å². The van der Waals surface area contributed by atoms with E-state index in [1.54, 1.807) is 0 Å². The van der Waals surface area contributed by atoms with Crippen LogP contribution in [0.3, 0.4) is 0 Å². The second kappa shape index (κ2) is 16.3. The molecule has 366 valence electrons. The minimum Gasteiger partial charge on any atom is -0.346 e. The highest BCUT2D eigenvalue weighted by molar-refractivity contribution is 7.93. The quantitative estimate of drug-likeness (QED) is 0.0927. The molecule has 3 saturated carbocycles. The molecule has 0 saturated heterocycles. The van der Waals surface area contributed by atoms with Crippen molar-refractivity contribution in [2.24, 2.45) is 5.92 Å². The maximum absolute atomic E-state index is 15.6. The highest BCUT2D eigenvalue weighted by Gasteiger charge is 2.68. The van der Waals surface area contributed by atoms with Gasteiger partial charge in [-0.1, -0.05) is 23.7 Å². The number of fused-ring (bicyclic) bond motifs is 4. The lowest BCUT2D eigenvalue weighted by Crippen LogP contribution is -2.36. The van der Waals surface area contributed by atoms with Gasteiger partial charge < -0.3 is 5.32 Å². The van der Waals surface area contributed by atoms with Gasteiger partial charge in [0.15, 0.2) is 21.3 Å². The Morgan fingerprint density at radius 3 is 2.16 bits per heavy atom. The molecule has 68 heavy (non-hydrogen) atoms. The number of hydrogen-bond acceptors (Lipinski definition) is 8. The van der Waals surface area contributed by atoms with Gasteiger partial charge in [0.05, 0.1) is 42.9 Å². The minimum atomic E-state index is -5.17. The number of pyridine rings is 1. The Morgan fingerprint density at radius 2 is 1.54 bits per heavy atom. The Bertz CT molecular complexity index is 3090. The maximum Gasteiger partial charge on any atom is 0.435 e. The van der Waals surface area contributed by atoms with E-state index >= 15 is 8.78 Å². The Morgan fingerprint density at radius 1 is 0.897 bits per heavy atom. The number of benzene rings is 2. The van der Waals surface area contributed by atoms with E-state index in [1.165, 1.54) is 38.1 Å². The van der Waals surface area contributed by atoms with Gasteiger partial charge in [-0.15, -0.1) is 0 Å². The van der Waals surface area contributed by atoms with Crippen molar-refractivity contribution in [2.45, 2.75) is 124 Å². The zero-order valence-corrected chi connectivity index (χ0v) is 38.1. The second-order valence-electron chi connectivity index (χ2n) is 18.5. The highest BCUT2D eigenvalue weighted by Crippen LogP contribution is 2.68. The lowest BCUT2D eigenvalue weighted by molar-refractivity contribution is -0.142. The number of aryl methyl sites for hydroxylation is 1.